The highest BCUT2D eigenvalue weighted by Gasteiger charge is 2.47. The largest absolute Gasteiger partial charge is 0.507 e. The Balaban J connectivity index is 0.979. The van der Waals surface area contributed by atoms with Crippen LogP contribution in [-0.4, -0.2) is 161 Å². The predicted molar refractivity (Wildman–Crippen MR) is 260 cm³/mol. The summed E-state index contributed by atoms with van der Waals surface area (Å²) in [5.74, 6) is -6.68. The number of carbonyl (C=O) groups is 8. The van der Waals surface area contributed by atoms with E-state index in [2.05, 4.69) is 43.9 Å². The zero-order chi connectivity index (χ0) is 51.6. The molecular weight excluding hydrogens is 1040 g/mol. The zero-order valence-electron chi connectivity index (χ0n) is 40.9. The van der Waals surface area contributed by atoms with Crippen molar-refractivity contribution in [3.63, 3.8) is 0 Å². The molecule has 2 aliphatic carbocycles. The van der Waals surface area contributed by atoms with E-state index in [4.69, 9.17) is 23.7 Å². The van der Waals surface area contributed by atoms with Crippen molar-refractivity contribution >= 4 is 69.6 Å². The first kappa shape index (κ1) is 53.5. The number of phenolic OH excluding ortho intramolecular Hbond substituents is 2. The number of halogens is 1. The molecule has 21 nitrogen and oxygen atoms in total. The number of benzene rings is 2. The number of alkyl halides is 1. The van der Waals surface area contributed by atoms with Gasteiger partial charge in [0, 0.05) is 78.5 Å². The minimum atomic E-state index is -1.10. The fraction of sp³-hybridized carbons (Fsp3) is 0.592. The maximum Gasteiger partial charge on any atom is 0.244 e. The molecule has 5 aliphatic rings. The molecule has 0 aromatic heterocycles. The fourth-order valence-corrected chi connectivity index (χ4v) is 10.3. The van der Waals surface area contributed by atoms with Gasteiger partial charge in [-0.05, 0) is 46.1 Å². The number of imide groups is 1. The molecule has 0 saturated carbocycles. The van der Waals surface area contributed by atoms with Gasteiger partial charge in [-0.2, -0.15) is 0 Å². The van der Waals surface area contributed by atoms with Crippen LogP contribution in [0.2, 0.25) is 0 Å². The van der Waals surface area contributed by atoms with Crippen LogP contribution < -0.4 is 26.0 Å². The summed E-state index contributed by atoms with van der Waals surface area (Å²) in [6, 6.07) is 2.41. The molecule has 6 N–H and O–H groups in total. The maximum atomic E-state index is 14.2. The summed E-state index contributed by atoms with van der Waals surface area (Å²) in [5, 5.41) is 35.2. The van der Waals surface area contributed by atoms with Crippen molar-refractivity contribution in [3.8, 4) is 17.2 Å². The number of aromatic hydroxyl groups is 2. The molecule has 1 unspecified atom stereocenters. The van der Waals surface area contributed by atoms with Crippen LogP contribution in [0, 0.1) is 11.8 Å². The lowest BCUT2D eigenvalue weighted by atomic mass is 9.74. The summed E-state index contributed by atoms with van der Waals surface area (Å²) in [4.78, 5) is 109. The molecule has 9 atom stereocenters. The summed E-state index contributed by atoms with van der Waals surface area (Å²) in [7, 11) is 2.84. The van der Waals surface area contributed by atoms with Gasteiger partial charge in [-0.3, -0.25) is 48.6 Å². The lowest BCUT2D eigenvalue weighted by Crippen LogP contribution is -2.52. The van der Waals surface area contributed by atoms with Gasteiger partial charge in [0.25, 0.3) is 0 Å². The van der Waals surface area contributed by atoms with Crippen molar-refractivity contribution < 1.29 is 72.3 Å². The smallest absolute Gasteiger partial charge is 0.244 e. The molecule has 22 heteroatoms. The van der Waals surface area contributed by atoms with Gasteiger partial charge >= 0.3 is 0 Å². The van der Waals surface area contributed by atoms with Gasteiger partial charge in [-0.25, -0.2) is 0 Å². The highest BCUT2D eigenvalue weighted by molar-refractivity contribution is 14.1. The number of nitrogens with zero attached hydrogens (tertiary/aromatic N) is 2. The molecule has 2 aromatic rings. The number of phenols is 2. The molecule has 3 saturated heterocycles. The van der Waals surface area contributed by atoms with Gasteiger partial charge < -0.3 is 54.7 Å². The van der Waals surface area contributed by atoms with Crippen molar-refractivity contribution in [1.82, 2.24) is 31.1 Å². The van der Waals surface area contributed by atoms with Gasteiger partial charge in [-0.15, -0.1) is 0 Å². The van der Waals surface area contributed by atoms with Crippen LogP contribution in [0.1, 0.15) is 116 Å². The van der Waals surface area contributed by atoms with E-state index in [9.17, 15) is 48.6 Å². The fourth-order valence-electron chi connectivity index (χ4n) is 9.81. The Morgan fingerprint density at radius 1 is 0.986 bits per heavy atom. The number of fused-ring (bicyclic) bond motifs is 3. The first-order valence-corrected chi connectivity index (χ1v) is 25.0. The number of likely N-dealkylation sites (N-methyl/N-ethyl adjacent to an activating group) is 1. The van der Waals surface area contributed by atoms with Crippen LogP contribution in [0.4, 0.5) is 0 Å². The molecule has 3 aliphatic heterocycles. The normalized spacial score (nSPS) is 25.1. The second-order valence-corrected chi connectivity index (χ2v) is 22.0. The molecule has 0 bridgehead atoms. The number of morpholine rings is 1. The van der Waals surface area contributed by atoms with Crippen LogP contribution in [0.3, 0.4) is 0 Å². The highest BCUT2D eigenvalue weighted by atomic mass is 127. The van der Waals surface area contributed by atoms with Crippen molar-refractivity contribution in [2.75, 3.05) is 53.6 Å². The second-order valence-electron chi connectivity index (χ2n) is 19.2. The molecular formula is C49H63IN6O15. The Bertz CT molecular complexity index is 2460. The quantitative estimate of drug-likeness (QED) is 0.0488. The van der Waals surface area contributed by atoms with Crippen LogP contribution in [0.15, 0.2) is 18.2 Å². The van der Waals surface area contributed by atoms with Gasteiger partial charge in [0.05, 0.1) is 61.2 Å². The Labute approximate surface area is 424 Å². The van der Waals surface area contributed by atoms with Crippen molar-refractivity contribution in [2.45, 2.75) is 119 Å². The predicted octanol–water partition coefficient (Wildman–Crippen LogP) is 1.92. The van der Waals surface area contributed by atoms with Gasteiger partial charge in [0.15, 0.2) is 12.1 Å². The van der Waals surface area contributed by atoms with Gasteiger partial charge in [-0.1, -0.05) is 48.6 Å². The Morgan fingerprint density at radius 2 is 1.72 bits per heavy atom. The van der Waals surface area contributed by atoms with E-state index in [0.717, 1.165) is 4.90 Å². The summed E-state index contributed by atoms with van der Waals surface area (Å²) < 4.78 is 29.5. The average Bonchev–Trinajstić information content (AvgIpc) is 3.63. The summed E-state index contributed by atoms with van der Waals surface area (Å²) >= 11 is 2.13. The number of carbonyl (C=O) groups excluding carboxylic acids is 8. The topological polar surface area (TPSA) is 278 Å². The second kappa shape index (κ2) is 22.2. The number of likely N-dealkylation sites (tertiary alicyclic amines) is 1. The third kappa shape index (κ3) is 11.5. The molecule has 0 spiro atoms. The molecule has 2 aromatic carbocycles. The minimum absolute atomic E-state index is 0.0163. The van der Waals surface area contributed by atoms with E-state index in [1.165, 1.54) is 51.1 Å². The summed E-state index contributed by atoms with van der Waals surface area (Å²) in [5.41, 5.74) is -0.747. The maximum absolute atomic E-state index is 14.2. The standard InChI is InChI=1S/C49H63IN6O15/c1-23(53-33(57)13-16-56-35(58)21-29(48(56)66)49(4,5)50)45(63)54-24(2)47(65)55(6)17-14-52-46(64)26-19-28-38(32(20-26)71-36-12-11-30(25(3)69-36)70-34-22-68-18-15-51-34)44(62)40-39(42(28)60)41(59)27-9-8-10-31(67-7)37(27)43(40)61/h8-10,23-26,29-30,32,34,36,51,60,62H,11-22H2,1-7H3,(H,52,64)(H,53,57)(H,54,63)/t23-,24-,25-,26+,29?,30-,32-,34+,36-/m0/s1. The highest BCUT2D eigenvalue weighted by Crippen LogP contribution is 2.52. The van der Waals surface area contributed by atoms with E-state index in [1.54, 1.807) is 0 Å². The van der Waals surface area contributed by atoms with Crippen molar-refractivity contribution in [1.29, 1.82) is 0 Å². The SMILES string of the molecule is COc1cccc2c1C(=O)c1c(O)c3c(c(O)c1C2=O)C[C@@H](C(=O)NCCN(C)C(=O)[C@H](C)NC(=O)[C@H](C)NC(=O)CCN1C(=O)CC(C(C)(C)I)C1=O)C[C@@H]3O[C@H]1CC[C@H](O[C@@H]2COCCN2)[C@H](C)O1. The molecule has 7 rings (SSSR count). The number of methoxy groups -OCH3 is 1. The molecule has 3 fully saturated rings. The first-order chi connectivity index (χ1) is 33.6. The Kier molecular flexibility index (Phi) is 16.8. The minimum Gasteiger partial charge on any atom is -0.507 e. The van der Waals surface area contributed by atoms with Crippen molar-refractivity contribution in [2.24, 2.45) is 11.8 Å². The van der Waals surface area contributed by atoms with Crippen molar-refractivity contribution in [3.05, 3.63) is 51.6 Å². The zero-order valence-corrected chi connectivity index (χ0v) is 43.0. The van der Waals surface area contributed by atoms with E-state index < -0.39 is 104 Å². The van der Waals surface area contributed by atoms with Gasteiger partial charge in [0.2, 0.25) is 41.2 Å². The van der Waals surface area contributed by atoms with Crippen LogP contribution in [-0.2, 0) is 54.1 Å². The summed E-state index contributed by atoms with van der Waals surface area (Å²) in [6.45, 7) is 9.96. The van der Waals surface area contributed by atoms with Crippen LogP contribution in [0.25, 0.3) is 0 Å². The number of hydrogen-bond donors (Lipinski definition) is 6. The number of ether oxygens (including phenoxy) is 5. The lowest BCUT2D eigenvalue weighted by Gasteiger charge is -2.40. The molecule has 71 heavy (non-hydrogen) atoms. The van der Waals surface area contributed by atoms with E-state index in [1.807, 2.05) is 20.8 Å². The van der Waals surface area contributed by atoms with E-state index in [-0.39, 0.29) is 97.5 Å². The molecule has 3 heterocycles. The number of nitrogens with one attached hydrogen (secondary N) is 4. The number of rotatable bonds is 17. The molecule has 0 radical (unpaired) electrons. The van der Waals surface area contributed by atoms with E-state index >= 15 is 0 Å². The average molecular weight is 1100 g/mol. The van der Waals surface area contributed by atoms with Gasteiger partial charge in [0.1, 0.15) is 35.6 Å². The Morgan fingerprint density at radius 3 is 2.38 bits per heavy atom. The summed E-state index contributed by atoms with van der Waals surface area (Å²) in [6.07, 6.45) is -2.40. The number of hydrogen-bond acceptors (Lipinski definition) is 16. The van der Waals surface area contributed by atoms with Crippen LogP contribution >= 0.6 is 22.6 Å². The number of amides is 6. The lowest BCUT2D eigenvalue weighted by molar-refractivity contribution is -0.255. The van der Waals surface area contributed by atoms with E-state index in [0.29, 0.717) is 32.6 Å². The third-order valence-corrected chi connectivity index (χ3v) is 14.5. The first-order valence-electron chi connectivity index (χ1n) is 23.9. The number of ketones is 2. The molecule has 386 valence electrons. The Hall–Kier alpha value is -5.27. The monoisotopic (exact) mass is 1100 g/mol. The molecule has 6 amide bonds. The van der Waals surface area contributed by atoms with Crippen LogP contribution in [0.5, 0.6) is 17.2 Å². The third-order valence-electron chi connectivity index (χ3n) is 13.8.